The lowest BCUT2D eigenvalue weighted by atomic mass is 9.85. The van der Waals surface area contributed by atoms with Gasteiger partial charge in [0.15, 0.2) is 0 Å². The topological polar surface area (TPSA) is 54.4 Å². The highest BCUT2D eigenvalue weighted by Gasteiger charge is 2.28. The molecule has 1 aliphatic rings. The smallest absolute Gasteiger partial charge is 0.313 e. The lowest BCUT2D eigenvalue weighted by Gasteiger charge is -2.18. The van der Waals surface area contributed by atoms with Crippen LogP contribution in [-0.2, 0) is 15.0 Å². The molecule has 0 aromatic heterocycles. The average Bonchev–Trinajstić information content (AvgIpc) is 3.14. The number of hydrogen-bond donors (Lipinski definition) is 1. The monoisotopic (exact) mass is 248 g/mol. The molecule has 1 aromatic rings. The Morgan fingerprint density at radius 1 is 1.17 bits per heavy atom. The second-order valence-electron chi connectivity index (χ2n) is 5.18. The maximum atomic E-state index is 10.8. The second-order valence-corrected chi connectivity index (χ2v) is 5.18. The van der Waals surface area contributed by atoms with Crippen LogP contribution in [0, 0.1) is 5.92 Å². The van der Waals surface area contributed by atoms with Crippen LogP contribution in [0.2, 0.25) is 0 Å². The third-order valence-corrected chi connectivity index (χ3v) is 3.18. The third-order valence-electron chi connectivity index (χ3n) is 3.18. The van der Waals surface area contributed by atoms with Crippen LogP contribution >= 0.6 is 0 Å². The third kappa shape index (κ3) is 3.99. The summed E-state index contributed by atoms with van der Waals surface area (Å²) < 4.78 is 0. The van der Waals surface area contributed by atoms with Gasteiger partial charge in [0.1, 0.15) is 5.78 Å². The molecule has 0 amide bonds. The lowest BCUT2D eigenvalue weighted by Crippen LogP contribution is -2.28. The van der Waals surface area contributed by atoms with E-state index < -0.39 is 11.4 Å². The summed E-state index contributed by atoms with van der Waals surface area (Å²) in [5, 5.41) is 8.89. The molecule has 0 radical (unpaired) electrons. The van der Waals surface area contributed by atoms with E-state index in [1.807, 2.05) is 30.3 Å². The molecule has 1 fully saturated rings. The molecule has 0 aliphatic heterocycles. The number of benzene rings is 1. The van der Waals surface area contributed by atoms with Crippen LogP contribution in [-0.4, -0.2) is 16.9 Å². The minimum absolute atomic E-state index is 0.370. The van der Waals surface area contributed by atoms with Gasteiger partial charge in [0, 0.05) is 5.92 Å². The number of Topliss-reactive ketones (excluding diaryl/α,β-unsaturated/α-hetero) is 1. The fraction of sp³-hybridized carbons (Fsp3) is 0.467. The SMILES string of the molecule is CC(=O)C1CC1.CC(C)(C(=O)O)c1ccccc1. The molecule has 18 heavy (non-hydrogen) atoms. The van der Waals surface area contributed by atoms with Crippen LogP contribution in [0.3, 0.4) is 0 Å². The van der Waals surface area contributed by atoms with Crippen LogP contribution in [0.25, 0.3) is 0 Å². The molecule has 3 heteroatoms. The van der Waals surface area contributed by atoms with Gasteiger partial charge in [-0.2, -0.15) is 0 Å². The van der Waals surface area contributed by atoms with E-state index in [2.05, 4.69) is 0 Å². The molecule has 98 valence electrons. The van der Waals surface area contributed by atoms with Crippen molar-refractivity contribution in [3.05, 3.63) is 35.9 Å². The minimum atomic E-state index is -0.797. The normalized spacial score (nSPS) is 14.4. The summed E-state index contributed by atoms with van der Waals surface area (Å²) >= 11 is 0. The summed E-state index contributed by atoms with van der Waals surface area (Å²) in [7, 11) is 0. The quantitative estimate of drug-likeness (QED) is 0.894. The fourth-order valence-corrected chi connectivity index (χ4v) is 1.47. The number of aliphatic carboxylic acids is 1. The van der Waals surface area contributed by atoms with Crippen molar-refractivity contribution in [3.63, 3.8) is 0 Å². The molecule has 2 rings (SSSR count). The van der Waals surface area contributed by atoms with Gasteiger partial charge in [-0.3, -0.25) is 9.59 Å². The van der Waals surface area contributed by atoms with Gasteiger partial charge in [0.05, 0.1) is 5.41 Å². The summed E-state index contributed by atoms with van der Waals surface area (Å²) in [6.07, 6.45) is 2.30. The van der Waals surface area contributed by atoms with E-state index in [1.165, 1.54) is 0 Å². The predicted molar refractivity (Wildman–Crippen MR) is 70.5 cm³/mol. The number of carboxylic acids is 1. The van der Waals surface area contributed by atoms with Crippen LogP contribution in [0.5, 0.6) is 0 Å². The number of hydrogen-bond acceptors (Lipinski definition) is 2. The second kappa shape index (κ2) is 5.80. The Morgan fingerprint density at radius 2 is 1.67 bits per heavy atom. The molecule has 0 bridgehead atoms. The Labute approximate surface area is 108 Å². The summed E-state index contributed by atoms with van der Waals surface area (Å²) in [6, 6.07) is 9.23. The van der Waals surface area contributed by atoms with Crippen LogP contribution in [0.15, 0.2) is 30.3 Å². The Morgan fingerprint density at radius 3 is 1.94 bits per heavy atom. The van der Waals surface area contributed by atoms with Gasteiger partial charge in [0.2, 0.25) is 0 Å². The van der Waals surface area contributed by atoms with Crippen molar-refractivity contribution in [3.8, 4) is 0 Å². The summed E-state index contributed by atoms with van der Waals surface area (Å²) in [5.41, 5.74) is 0.0406. The van der Waals surface area contributed by atoms with Crippen molar-refractivity contribution in [1.82, 2.24) is 0 Å². The largest absolute Gasteiger partial charge is 0.481 e. The van der Waals surface area contributed by atoms with Crippen LogP contribution in [0.1, 0.15) is 39.2 Å². The van der Waals surface area contributed by atoms with E-state index in [4.69, 9.17) is 5.11 Å². The lowest BCUT2D eigenvalue weighted by molar-refractivity contribution is -0.142. The Hall–Kier alpha value is -1.64. The Balaban J connectivity index is 0.000000225. The molecule has 3 nitrogen and oxygen atoms in total. The highest BCUT2D eigenvalue weighted by Crippen LogP contribution is 2.29. The van der Waals surface area contributed by atoms with Crippen molar-refractivity contribution >= 4 is 11.8 Å². The first-order valence-corrected chi connectivity index (χ1v) is 6.15. The molecular weight excluding hydrogens is 228 g/mol. The van der Waals surface area contributed by atoms with Gasteiger partial charge in [-0.05, 0) is 39.2 Å². The van der Waals surface area contributed by atoms with Gasteiger partial charge in [0.25, 0.3) is 0 Å². The van der Waals surface area contributed by atoms with Gasteiger partial charge >= 0.3 is 5.97 Å². The molecule has 0 unspecified atom stereocenters. The molecule has 0 spiro atoms. The zero-order valence-corrected chi connectivity index (χ0v) is 11.1. The first-order valence-electron chi connectivity index (χ1n) is 6.15. The maximum absolute atomic E-state index is 10.8. The van der Waals surface area contributed by atoms with Crippen molar-refractivity contribution in [2.24, 2.45) is 5.92 Å². The number of ketones is 1. The molecular formula is C15H20O3. The van der Waals surface area contributed by atoms with Crippen LogP contribution in [0.4, 0.5) is 0 Å². The van der Waals surface area contributed by atoms with Gasteiger partial charge in [-0.15, -0.1) is 0 Å². The highest BCUT2D eigenvalue weighted by molar-refractivity contribution is 5.80. The average molecular weight is 248 g/mol. The van der Waals surface area contributed by atoms with Crippen molar-refractivity contribution < 1.29 is 14.7 Å². The Bertz CT molecular complexity index is 417. The fourth-order valence-electron chi connectivity index (χ4n) is 1.47. The van der Waals surface area contributed by atoms with E-state index in [-0.39, 0.29) is 0 Å². The number of carbonyl (C=O) groups is 2. The molecule has 0 heterocycles. The van der Waals surface area contributed by atoms with E-state index in [9.17, 15) is 9.59 Å². The predicted octanol–water partition coefficient (Wildman–Crippen LogP) is 3.03. The zero-order valence-electron chi connectivity index (χ0n) is 11.1. The van der Waals surface area contributed by atoms with Gasteiger partial charge in [-0.25, -0.2) is 0 Å². The summed E-state index contributed by atoms with van der Waals surface area (Å²) in [5.74, 6) is 0.0358. The standard InChI is InChI=1S/C10H12O2.C5H8O/c1-10(2,9(11)12)8-6-4-3-5-7-8;1-4(6)5-2-3-5/h3-7H,1-2H3,(H,11,12);5H,2-3H2,1H3. The van der Waals surface area contributed by atoms with E-state index in [0.717, 1.165) is 18.4 Å². The first kappa shape index (κ1) is 14.4. The Kier molecular flexibility index (Phi) is 4.65. The zero-order chi connectivity index (χ0) is 13.8. The van der Waals surface area contributed by atoms with E-state index in [1.54, 1.807) is 20.8 Å². The van der Waals surface area contributed by atoms with Crippen molar-refractivity contribution in [1.29, 1.82) is 0 Å². The molecule has 0 saturated heterocycles. The highest BCUT2D eigenvalue weighted by atomic mass is 16.4. The maximum Gasteiger partial charge on any atom is 0.313 e. The molecule has 0 atom stereocenters. The molecule has 1 aromatic carbocycles. The summed E-state index contributed by atoms with van der Waals surface area (Å²) in [6.45, 7) is 5.06. The van der Waals surface area contributed by atoms with Gasteiger partial charge < -0.3 is 5.11 Å². The molecule has 1 N–H and O–H groups in total. The van der Waals surface area contributed by atoms with E-state index >= 15 is 0 Å². The van der Waals surface area contributed by atoms with Crippen molar-refractivity contribution in [2.75, 3.05) is 0 Å². The molecule has 1 saturated carbocycles. The number of carbonyl (C=O) groups excluding carboxylic acids is 1. The first-order chi connectivity index (χ1) is 8.35. The minimum Gasteiger partial charge on any atom is -0.481 e. The number of carboxylic acid groups (broad SMARTS) is 1. The van der Waals surface area contributed by atoms with E-state index in [0.29, 0.717) is 11.7 Å². The number of rotatable bonds is 3. The van der Waals surface area contributed by atoms with Crippen molar-refractivity contribution in [2.45, 2.75) is 39.0 Å². The summed E-state index contributed by atoms with van der Waals surface area (Å²) in [4.78, 5) is 21.0. The van der Waals surface area contributed by atoms with Crippen LogP contribution < -0.4 is 0 Å². The molecule has 1 aliphatic carbocycles. The van der Waals surface area contributed by atoms with Gasteiger partial charge in [-0.1, -0.05) is 30.3 Å².